The molecule has 0 aliphatic heterocycles. The zero-order chi connectivity index (χ0) is 32.3. The topological polar surface area (TPSA) is 76.5 Å². The molecule has 5 nitrogen and oxygen atoms in total. The van der Waals surface area contributed by atoms with Crippen LogP contribution in [0.15, 0.2) is 77.7 Å². The number of benzene rings is 4. The van der Waals surface area contributed by atoms with E-state index in [1.807, 2.05) is 42.5 Å². The van der Waals surface area contributed by atoms with Crippen LogP contribution in [0, 0.1) is 0 Å². The maximum absolute atomic E-state index is 13.6. The minimum atomic E-state index is -0.985. The van der Waals surface area contributed by atoms with E-state index in [0.717, 1.165) is 45.0 Å². The van der Waals surface area contributed by atoms with Crippen LogP contribution in [0.25, 0.3) is 21.7 Å². The first kappa shape index (κ1) is 30.8. The fourth-order valence-electron chi connectivity index (χ4n) is 6.27. The van der Waals surface area contributed by atoms with Crippen LogP contribution in [0.2, 0.25) is 0 Å². The Morgan fingerprint density at radius 2 is 1.42 bits per heavy atom. The molecule has 0 bridgehead atoms. The number of carbonyl (C=O) groups is 2. The molecule has 1 aliphatic carbocycles. The first-order chi connectivity index (χ1) is 21.2. The van der Waals surface area contributed by atoms with Gasteiger partial charge in [-0.2, -0.15) is 0 Å². The van der Waals surface area contributed by atoms with E-state index in [1.54, 1.807) is 18.2 Å². The highest BCUT2D eigenvalue weighted by atomic mass is 32.1. The first-order valence-electron chi connectivity index (χ1n) is 15.5. The fraction of sp³-hybridized carbons (Fsp3) is 0.308. The molecule has 0 saturated carbocycles. The second-order valence-corrected chi connectivity index (χ2v) is 14.6. The number of aromatic nitrogens is 1. The Kier molecular flexibility index (Phi) is 7.77. The van der Waals surface area contributed by atoms with Crippen molar-refractivity contribution in [1.29, 1.82) is 0 Å². The largest absolute Gasteiger partial charge is 0.507 e. The maximum atomic E-state index is 13.6. The Bertz CT molecular complexity index is 1960. The molecule has 1 aliphatic rings. The molecular formula is C39H39NO4S. The number of ether oxygens (including phenoxy) is 1. The van der Waals surface area contributed by atoms with Crippen LogP contribution in [0.5, 0.6) is 11.5 Å². The zero-order valence-electron chi connectivity index (χ0n) is 26.7. The van der Waals surface area contributed by atoms with Gasteiger partial charge in [0, 0.05) is 21.4 Å². The summed E-state index contributed by atoms with van der Waals surface area (Å²) in [5, 5.41) is 13.7. The summed E-state index contributed by atoms with van der Waals surface area (Å²) in [6.07, 6.45) is 1.56. The Morgan fingerprint density at radius 3 is 2.09 bits per heavy atom. The second-order valence-electron chi connectivity index (χ2n) is 14.1. The molecule has 6 heteroatoms. The number of hydrogen-bond acceptors (Lipinski definition) is 6. The number of carbonyl (C=O) groups excluding carboxylic acids is 2. The third-order valence-corrected chi connectivity index (χ3v) is 9.09. The van der Waals surface area contributed by atoms with Gasteiger partial charge in [-0.15, -0.1) is 12.6 Å². The normalized spacial score (nSPS) is 15.2. The van der Waals surface area contributed by atoms with Gasteiger partial charge < -0.3 is 9.84 Å². The summed E-state index contributed by atoms with van der Waals surface area (Å²) in [7, 11) is 0. The molecule has 1 aromatic heterocycles. The van der Waals surface area contributed by atoms with Crippen molar-refractivity contribution in [3.8, 4) is 11.5 Å². The number of para-hydroxylation sites is 1. The second kappa shape index (κ2) is 11.3. The summed E-state index contributed by atoms with van der Waals surface area (Å²) < 4.78 is 6.27. The van der Waals surface area contributed by atoms with E-state index in [1.165, 1.54) is 5.56 Å². The number of aryl methyl sites for hydroxylation is 1. The average molecular weight is 618 g/mol. The molecule has 5 aromatic rings. The summed E-state index contributed by atoms with van der Waals surface area (Å²) >= 11 is 4.55. The van der Waals surface area contributed by atoms with E-state index >= 15 is 0 Å². The zero-order valence-corrected chi connectivity index (χ0v) is 27.6. The van der Waals surface area contributed by atoms with E-state index < -0.39 is 5.92 Å². The first-order valence-corrected chi connectivity index (χ1v) is 15.9. The maximum Gasteiger partial charge on any atom is 0.180 e. The van der Waals surface area contributed by atoms with E-state index in [0.29, 0.717) is 40.4 Å². The third kappa shape index (κ3) is 5.72. The third-order valence-electron chi connectivity index (χ3n) is 8.70. The lowest BCUT2D eigenvalue weighted by molar-refractivity contribution is 0.0888. The predicted molar refractivity (Wildman–Crippen MR) is 184 cm³/mol. The van der Waals surface area contributed by atoms with Gasteiger partial charge in [0.15, 0.2) is 11.6 Å². The van der Waals surface area contributed by atoms with Gasteiger partial charge in [0.25, 0.3) is 0 Å². The SMILES string of the molecule is CC(C)(C)c1cc(CCCOc2cccc3ccc(C4C(=O)c5cc6cccc(S)c6cc5C4=O)nc23)cc(C(C)(C)C)c1O. The van der Waals surface area contributed by atoms with Crippen molar-refractivity contribution in [3.63, 3.8) is 0 Å². The molecule has 230 valence electrons. The Balaban J connectivity index is 1.23. The molecular weight excluding hydrogens is 578 g/mol. The Hall–Kier alpha value is -4.16. The van der Waals surface area contributed by atoms with Gasteiger partial charge in [-0.1, -0.05) is 84.0 Å². The minimum absolute atomic E-state index is 0.185. The fourth-order valence-corrected chi connectivity index (χ4v) is 6.55. The molecule has 6 rings (SSSR count). The lowest BCUT2D eigenvalue weighted by Gasteiger charge is -2.28. The highest BCUT2D eigenvalue weighted by Gasteiger charge is 2.41. The van der Waals surface area contributed by atoms with Crippen molar-refractivity contribution >= 4 is 45.9 Å². The van der Waals surface area contributed by atoms with Crippen LogP contribution in [0.1, 0.15) is 97.0 Å². The van der Waals surface area contributed by atoms with Crippen molar-refractivity contribution in [2.45, 2.75) is 76.0 Å². The van der Waals surface area contributed by atoms with Crippen LogP contribution in [0.3, 0.4) is 0 Å². The van der Waals surface area contributed by atoms with Crippen molar-refractivity contribution in [1.82, 2.24) is 4.98 Å². The number of rotatable bonds is 6. The number of thiol groups is 1. The number of hydrogen-bond donors (Lipinski definition) is 2. The number of phenolic OH excluding ortho intramolecular Hbond substituents is 1. The molecule has 0 fully saturated rings. The van der Waals surface area contributed by atoms with Gasteiger partial charge >= 0.3 is 0 Å². The summed E-state index contributed by atoms with van der Waals surface area (Å²) in [5.41, 5.74) is 4.61. The molecule has 0 radical (unpaired) electrons. The van der Waals surface area contributed by atoms with E-state index in [9.17, 15) is 14.7 Å². The molecule has 4 aromatic carbocycles. The van der Waals surface area contributed by atoms with Gasteiger partial charge in [0.2, 0.25) is 0 Å². The van der Waals surface area contributed by atoms with E-state index in [-0.39, 0.29) is 22.4 Å². The number of pyridine rings is 1. The van der Waals surface area contributed by atoms with Gasteiger partial charge in [-0.3, -0.25) is 9.59 Å². The van der Waals surface area contributed by atoms with Crippen molar-refractivity contribution in [2.75, 3.05) is 6.61 Å². The molecule has 1 heterocycles. The number of phenols is 1. The molecule has 45 heavy (non-hydrogen) atoms. The summed E-state index contributed by atoms with van der Waals surface area (Å²) in [5.74, 6) is -0.454. The average Bonchev–Trinajstić information content (AvgIpc) is 3.22. The van der Waals surface area contributed by atoms with Crippen LogP contribution >= 0.6 is 12.6 Å². The van der Waals surface area contributed by atoms with E-state index in [4.69, 9.17) is 9.72 Å². The standard InChI is InChI=1S/C39H39NO4S/c1-38(2,3)28-18-22(19-29(37(28)43)39(4,5)6)10-9-17-44-31-13-7-11-23-15-16-30(40-34(23)31)33-35(41)26-20-24-12-8-14-32(45)25(24)21-27(26)36(33)42/h7-8,11-16,18-21,33,43,45H,9-10,17H2,1-6H3. The van der Waals surface area contributed by atoms with Crippen LogP contribution in [-0.2, 0) is 17.3 Å². The van der Waals surface area contributed by atoms with Crippen molar-refractivity contribution < 1.29 is 19.4 Å². The molecule has 1 atom stereocenters. The Morgan fingerprint density at radius 1 is 0.800 bits per heavy atom. The summed E-state index contributed by atoms with van der Waals surface area (Å²) in [6.45, 7) is 13.2. The van der Waals surface area contributed by atoms with Gasteiger partial charge in [-0.25, -0.2) is 4.98 Å². The monoisotopic (exact) mass is 617 g/mol. The number of ketones is 2. The predicted octanol–water partition coefficient (Wildman–Crippen LogP) is 9.15. The van der Waals surface area contributed by atoms with Gasteiger partial charge in [0.1, 0.15) is 22.9 Å². The highest BCUT2D eigenvalue weighted by molar-refractivity contribution is 7.80. The van der Waals surface area contributed by atoms with Gasteiger partial charge in [0.05, 0.1) is 12.3 Å². The van der Waals surface area contributed by atoms with Crippen molar-refractivity contribution in [3.05, 3.63) is 106 Å². The molecule has 0 saturated heterocycles. The lowest BCUT2D eigenvalue weighted by atomic mass is 9.78. The minimum Gasteiger partial charge on any atom is -0.507 e. The summed E-state index contributed by atoms with van der Waals surface area (Å²) in [4.78, 5) is 32.8. The number of nitrogens with zero attached hydrogens (tertiary/aromatic N) is 1. The number of aromatic hydroxyl groups is 1. The molecule has 0 amide bonds. The number of Topliss-reactive ketones (excluding diaryl/α,β-unsaturated/α-hetero) is 2. The molecule has 1 unspecified atom stereocenters. The Labute approximate surface area is 270 Å². The lowest BCUT2D eigenvalue weighted by Crippen LogP contribution is -2.18. The molecule has 1 N–H and O–H groups in total. The van der Waals surface area contributed by atoms with Crippen molar-refractivity contribution in [2.24, 2.45) is 0 Å². The van der Waals surface area contributed by atoms with Crippen LogP contribution < -0.4 is 4.74 Å². The van der Waals surface area contributed by atoms with Crippen LogP contribution in [0.4, 0.5) is 0 Å². The molecule has 0 spiro atoms. The van der Waals surface area contributed by atoms with E-state index in [2.05, 4.69) is 66.3 Å². The van der Waals surface area contributed by atoms with Gasteiger partial charge in [-0.05, 0) is 81.5 Å². The van der Waals surface area contributed by atoms with Crippen LogP contribution in [-0.4, -0.2) is 28.3 Å². The summed E-state index contributed by atoms with van der Waals surface area (Å²) in [6, 6.07) is 22.9. The highest BCUT2D eigenvalue weighted by Crippen LogP contribution is 2.41. The smallest absolute Gasteiger partial charge is 0.180 e. The number of fused-ring (bicyclic) bond motifs is 3. The quantitative estimate of drug-likeness (QED) is 0.113.